The molecule has 1 unspecified atom stereocenters. The summed E-state index contributed by atoms with van der Waals surface area (Å²) >= 11 is 0. The van der Waals surface area contributed by atoms with Crippen molar-refractivity contribution in [3.05, 3.63) is 0 Å². The monoisotopic (exact) mass is 268 g/mol. The van der Waals surface area contributed by atoms with Crippen LogP contribution in [0.4, 0.5) is 0 Å². The van der Waals surface area contributed by atoms with Crippen molar-refractivity contribution in [3.63, 3.8) is 0 Å². The summed E-state index contributed by atoms with van der Waals surface area (Å²) in [7, 11) is 0. The largest absolute Gasteiger partial charge is 0.376 e. The van der Waals surface area contributed by atoms with E-state index in [0.717, 1.165) is 26.0 Å². The summed E-state index contributed by atoms with van der Waals surface area (Å²) in [4.78, 5) is 14.3. The number of ether oxygens (including phenoxy) is 1. The zero-order chi connectivity index (χ0) is 13.5. The van der Waals surface area contributed by atoms with E-state index in [1.165, 1.54) is 32.1 Å². The number of nitrogens with zero attached hydrogens (tertiary/aromatic N) is 1. The van der Waals surface area contributed by atoms with Crippen molar-refractivity contribution >= 4 is 5.91 Å². The van der Waals surface area contributed by atoms with Crippen LogP contribution in [0.2, 0.25) is 0 Å². The molecule has 1 amide bonds. The fourth-order valence-corrected chi connectivity index (χ4v) is 3.22. The van der Waals surface area contributed by atoms with Crippen LogP contribution < -0.4 is 5.32 Å². The molecule has 1 heterocycles. The Morgan fingerprint density at radius 1 is 1.21 bits per heavy atom. The SMILES string of the molecule is CCN(CC(=O)NCC1CCCO1)C1CCCCC1. The molecule has 0 aromatic heterocycles. The number of nitrogens with one attached hydrogen (secondary N) is 1. The number of hydrogen-bond donors (Lipinski definition) is 1. The molecule has 4 heteroatoms. The quantitative estimate of drug-likeness (QED) is 0.800. The first kappa shape index (κ1) is 14.8. The van der Waals surface area contributed by atoms with E-state index in [0.29, 0.717) is 19.1 Å². The predicted molar refractivity (Wildman–Crippen MR) is 76.1 cm³/mol. The minimum Gasteiger partial charge on any atom is -0.376 e. The third-order valence-corrected chi connectivity index (χ3v) is 4.39. The van der Waals surface area contributed by atoms with Gasteiger partial charge < -0.3 is 10.1 Å². The smallest absolute Gasteiger partial charge is 0.234 e. The maximum atomic E-state index is 12.0. The van der Waals surface area contributed by atoms with E-state index >= 15 is 0 Å². The lowest BCUT2D eigenvalue weighted by Gasteiger charge is -2.33. The molecule has 2 fully saturated rings. The Balaban J connectivity index is 1.69. The van der Waals surface area contributed by atoms with Gasteiger partial charge in [-0.15, -0.1) is 0 Å². The third-order valence-electron chi connectivity index (χ3n) is 4.39. The van der Waals surface area contributed by atoms with Crippen molar-refractivity contribution in [2.45, 2.75) is 64.0 Å². The van der Waals surface area contributed by atoms with Crippen LogP contribution in [0, 0.1) is 0 Å². The van der Waals surface area contributed by atoms with Crippen LogP contribution in [-0.4, -0.2) is 49.2 Å². The summed E-state index contributed by atoms with van der Waals surface area (Å²) in [5.41, 5.74) is 0. The van der Waals surface area contributed by atoms with Crippen LogP contribution in [0.15, 0.2) is 0 Å². The number of amides is 1. The molecule has 1 aliphatic heterocycles. The molecule has 2 aliphatic rings. The predicted octanol–water partition coefficient (Wildman–Crippen LogP) is 1.94. The lowest BCUT2D eigenvalue weighted by molar-refractivity contribution is -0.123. The van der Waals surface area contributed by atoms with Crippen LogP contribution in [0.25, 0.3) is 0 Å². The van der Waals surface area contributed by atoms with Gasteiger partial charge in [-0.05, 0) is 32.2 Å². The second-order valence-electron chi connectivity index (χ2n) is 5.79. The second-order valence-corrected chi connectivity index (χ2v) is 5.79. The van der Waals surface area contributed by atoms with E-state index in [9.17, 15) is 4.79 Å². The van der Waals surface area contributed by atoms with Crippen LogP contribution in [0.3, 0.4) is 0 Å². The molecule has 1 atom stereocenters. The summed E-state index contributed by atoms with van der Waals surface area (Å²) < 4.78 is 5.52. The van der Waals surface area contributed by atoms with Gasteiger partial charge in [-0.2, -0.15) is 0 Å². The van der Waals surface area contributed by atoms with E-state index in [2.05, 4.69) is 17.1 Å². The normalized spacial score (nSPS) is 24.8. The molecule has 0 spiro atoms. The van der Waals surface area contributed by atoms with Crippen LogP contribution in [0.1, 0.15) is 51.9 Å². The van der Waals surface area contributed by atoms with Crippen molar-refractivity contribution in [1.29, 1.82) is 0 Å². The van der Waals surface area contributed by atoms with E-state index in [4.69, 9.17) is 4.74 Å². The van der Waals surface area contributed by atoms with Gasteiger partial charge in [0.15, 0.2) is 0 Å². The fourth-order valence-electron chi connectivity index (χ4n) is 3.22. The maximum absolute atomic E-state index is 12.0. The van der Waals surface area contributed by atoms with E-state index in [1.54, 1.807) is 0 Å². The second kappa shape index (κ2) is 7.85. The summed E-state index contributed by atoms with van der Waals surface area (Å²) in [5.74, 6) is 0.155. The highest BCUT2D eigenvalue weighted by atomic mass is 16.5. The number of carbonyl (C=O) groups excluding carboxylic acids is 1. The zero-order valence-electron chi connectivity index (χ0n) is 12.2. The molecular formula is C15H28N2O2. The van der Waals surface area contributed by atoms with Crippen molar-refractivity contribution in [1.82, 2.24) is 10.2 Å². The molecule has 110 valence electrons. The maximum Gasteiger partial charge on any atom is 0.234 e. The van der Waals surface area contributed by atoms with Gasteiger partial charge in [-0.25, -0.2) is 0 Å². The molecule has 0 radical (unpaired) electrons. The van der Waals surface area contributed by atoms with Crippen molar-refractivity contribution < 1.29 is 9.53 Å². The van der Waals surface area contributed by atoms with Crippen molar-refractivity contribution in [3.8, 4) is 0 Å². The lowest BCUT2D eigenvalue weighted by Crippen LogP contribution is -2.45. The summed E-state index contributed by atoms with van der Waals surface area (Å²) in [6.07, 6.45) is 8.97. The van der Waals surface area contributed by atoms with E-state index < -0.39 is 0 Å². The highest BCUT2D eigenvalue weighted by molar-refractivity contribution is 5.78. The molecule has 19 heavy (non-hydrogen) atoms. The summed E-state index contributed by atoms with van der Waals surface area (Å²) in [6.45, 7) is 5.21. The molecule has 0 bridgehead atoms. The molecule has 1 N–H and O–H groups in total. The van der Waals surface area contributed by atoms with Crippen LogP contribution >= 0.6 is 0 Å². The van der Waals surface area contributed by atoms with Gasteiger partial charge in [-0.3, -0.25) is 9.69 Å². The Bertz CT molecular complexity index is 271. The first-order valence-electron chi connectivity index (χ1n) is 7.92. The number of likely N-dealkylation sites (N-methyl/N-ethyl adjacent to an activating group) is 1. The number of carbonyl (C=O) groups is 1. The van der Waals surface area contributed by atoms with Gasteiger partial charge in [0, 0.05) is 19.2 Å². The Morgan fingerprint density at radius 2 is 2.00 bits per heavy atom. The molecule has 0 aromatic rings. The Kier molecular flexibility index (Phi) is 6.11. The molecular weight excluding hydrogens is 240 g/mol. The third kappa shape index (κ3) is 4.77. The molecule has 2 rings (SSSR count). The van der Waals surface area contributed by atoms with Crippen molar-refractivity contribution in [2.75, 3.05) is 26.2 Å². The average molecular weight is 268 g/mol. The summed E-state index contributed by atoms with van der Waals surface area (Å²) in [5, 5.41) is 3.02. The highest BCUT2D eigenvalue weighted by Gasteiger charge is 2.22. The Hall–Kier alpha value is -0.610. The van der Waals surface area contributed by atoms with Gasteiger partial charge in [-0.1, -0.05) is 26.2 Å². The van der Waals surface area contributed by atoms with Gasteiger partial charge in [0.05, 0.1) is 12.6 Å². The minimum atomic E-state index is 0.155. The van der Waals surface area contributed by atoms with E-state index in [1.807, 2.05) is 0 Å². The zero-order valence-corrected chi connectivity index (χ0v) is 12.2. The summed E-state index contributed by atoms with van der Waals surface area (Å²) in [6, 6.07) is 0.618. The Morgan fingerprint density at radius 3 is 2.63 bits per heavy atom. The molecule has 0 aromatic carbocycles. The van der Waals surface area contributed by atoms with Gasteiger partial charge in [0.2, 0.25) is 5.91 Å². The molecule has 4 nitrogen and oxygen atoms in total. The van der Waals surface area contributed by atoms with Crippen LogP contribution in [-0.2, 0) is 9.53 Å². The Labute approximate surface area is 116 Å². The molecule has 1 saturated heterocycles. The first-order valence-corrected chi connectivity index (χ1v) is 7.92. The van der Waals surface area contributed by atoms with E-state index in [-0.39, 0.29) is 12.0 Å². The highest BCUT2D eigenvalue weighted by Crippen LogP contribution is 2.22. The van der Waals surface area contributed by atoms with Crippen molar-refractivity contribution in [2.24, 2.45) is 0 Å². The topological polar surface area (TPSA) is 41.6 Å². The van der Waals surface area contributed by atoms with Gasteiger partial charge >= 0.3 is 0 Å². The lowest BCUT2D eigenvalue weighted by atomic mass is 9.94. The standard InChI is InChI=1S/C15H28N2O2/c1-2-17(13-7-4-3-5-8-13)12-15(18)16-11-14-9-6-10-19-14/h13-14H,2-12H2,1H3,(H,16,18). The number of hydrogen-bond acceptors (Lipinski definition) is 3. The first-order chi connectivity index (χ1) is 9.29. The van der Waals surface area contributed by atoms with Gasteiger partial charge in [0.25, 0.3) is 0 Å². The fraction of sp³-hybridized carbons (Fsp3) is 0.933. The number of rotatable bonds is 6. The van der Waals surface area contributed by atoms with Crippen LogP contribution in [0.5, 0.6) is 0 Å². The molecule has 1 aliphatic carbocycles. The average Bonchev–Trinajstić information content (AvgIpc) is 2.97. The minimum absolute atomic E-state index is 0.155. The van der Waals surface area contributed by atoms with Gasteiger partial charge in [0.1, 0.15) is 0 Å². The molecule has 1 saturated carbocycles.